The second-order valence-corrected chi connectivity index (χ2v) is 7.01. The van der Waals surface area contributed by atoms with Crippen LogP contribution in [0, 0.1) is 0 Å². The molecule has 1 aromatic carbocycles. The molecule has 3 rings (SSSR count). The highest BCUT2D eigenvalue weighted by atomic mass is 32.1. The molecule has 0 unspecified atom stereocenters. The van der Waals surface area contributed by atoms with Crippen LogP contribution in [-0.4, -0.2) is 11.2 Å². The van der Waals surface area contributed by atoms with E-state index in [2.05, 4.69) is 22.4 Å². The van der Waals surface area contributed by atoms with E-state index in [0.717, 1.165) is 18.2 Å². The Bertz CT molecular complexity index is 930. The number of nitrogens with zero attached hydrogens (tertiary/aromatic N) is 2. The summed E-state index contributed by atoms with van der Waals surface area (Å²) in [6.45, 7) is 2.22. The molecule has 2 aromatic heterocycles. The van der Waals surface area contributed by atoms with E-state index in [9.17, 15) is 4.79 Å². The van der Waals surface area contributed by atoms with Crippen molar-refractivity contribution in [2.24, 2.45) is 5.10 Å². The second kappa shape index (κ2) is 9.29. The molecule has 0 radical (unpaired) electrons. The molecule has 2 heterocycles. The molecule has 0 amide bonds. The van der Waals surface area contributed by atoms with Gasteiger partial charge in [-0.1, -0.05) is 50.8 Å². The van der Waals surface area contributed by atoms with Crippen molar-refractivity contribution in [3.63, 3.8) is 0 Å². The van der Waals surface area contributed by atoms with Gasteiger partial charge < -0.3 is 4.42 Å². The van der Waals surface area contributed by atoms with Crippen molar-refractivity contribution < 1.29 is 4.42 Å². The summed E-state index contributed by atoms with van der Waals surface area (Å²) in [7, 11) is 0. The molecule has 0 saturated heterocycles. The summed E-state index contributed by atoms with van der Waals surface area (Å²) in [6, 6.07) is 9.28. The average Bonchev–Trinajstić information content (AvgIpc) is 3.12. The van der Waals surface area contributed by atoms with Crippen LogP contribution in [-0.2, 0) is 0 Å². The lowest BCUT2D eigenvalue weighted by Gasteiger charge is -1.99. The van der Waals surface area contributed by atoms with Crippen LogP contribution in [0.4, 0.5) is 5.13 Å². The molecule has 0 aliphatic heterocycles. The third kappa shape index (κ3) is 4.79. The molecule has 136 valence electrons. The fourth-order valence-electron chi connectivity index (χ4n) is 2.69. The summed E-state index contributed by atoms with van der Waals surface area (Å²) in [4.78, 5) is 16.6. The fourth-order valence-corrected chi connectivity index (χ4v) is 3.35. The van der Waals surface area contributed by atoms with E-state index in [4.69, 9.17) is 4.42 Å². The Morgan fingerprint density at radius 1 is 1.23 bits per heavy atom. The zero-order valence-corrected chi connectivity index (χ0v) is 15.7. The first kappa shape index (κ1) is 18.3. The summed E-state index contributed by atoms with van der Waals surface area (Å²) >= 11 is 1.42. The fraction of sp³-hybridized carbons (Fsp3) is 0.350. The lowest BCUT2D eigenvalue weighted by molar-refractivity contribution is 0.563. The van der Waals surface area contributed by atoms with Gasteiger partial charge in [-0.15, -0.1) is 11.3 Å². The first-order chi connectivity index (χ1) is 12.8. The first-order valence-electron chi connectivity index (χ1n) is 9.04. The van der Waals surface area contributed by atoms with E-state index >= 15 is 0 Å². The lowest BCUT2D eigenvalue weighted by atomic mass is 10.1. The van der Waals surface area contributed by atoms with Crippen LogP contribution < -0.4 is 11.1 Å². The van der Waals surface area contributed by atoms with Crippen molar-refractivity contribution in [2.75, 3.05) is 5.43 Å². The Kier molecular flexibility index (Phi) is 6.55. The molecule has 0 aliphatic rings. The maximum atomic E-state index is 12.2. The third-order valence-corrected chi connectivity index (χ3v) is 4.86. The van der Waals surface area contributed by atoms with Crippen LogP contribution in [0.25, 0.3) is 22.2 Å². The van der Waals surface area contributed by atoms with Gasteiger partial charge in [-0.3, -0.25) is 5.43 Å². The van der Waals surface area contributed by atoms with Gasteiger partial charge in [0.1, 0.15) is 5.58 Å². The zero-order valence-electron chi connectivity index (χ0n) is 14.9. The highest BCUT2D eigenvalue weighted by Crippen LogP contribution is 2.25. The number of unbranched alkanes of at least 4 members (excludes halogenated alkanes) is 5. The number of nitrogens with one attached hydrogen (secondary N) is 1. The van der Waals surface area contributed by atoms with Gasteiger partial charge in [0.25, 0.3) is 0 Å². The second-order valence-electron chi connectivity index (χ2n) is 6.15. The Morgan fingerprint density at radius 3 is 2.96 bits per heavy atom. The monoisotopic (exact) mass is 369 g/mol. The Labute approximate surface area is 156 Å². The highest BCUT2D eigenvalue weighted by Gasteiger charge is 2.11. The number of fused-ring (bicyclic) bond motifs is 1. The minimum absolute atomic E-state index is 0.379. The number of benzene rings is 1. The number of hydrazone groups is 1. The van der Waals surface area contributed by atoms with Gasteiger partial charge in [-0.2, -0.15) is 5.10 Å². The summed E-state index contributed by atoms with van der Waals surface area (Å²) < 4.78 is 5.37. The van der Waals surface area contributed by atoms with E-state index < -0.39 is 0 Å². The summed E-state index contributed by atoms with van der Waals surface area (Å²) in [5, 5.41) is 7.59. The molecule has 0 atom stereocenters. The van der Waals surface area contributed by atoms with Gasteiger partial charge in [-0.05, 0) is 25.0 Å². The van der Waals surface area contributed by atoms with Crippen molar-refractivity contribution >= 4 is 33.7 Å². The number of hydrogen-bond donors (Lipinski definition) is 1. The van der Waals surface area contributed by atoms with Gasteiger partial charge in [0, 0.05) is 17.0 Å². The van der Waals surface area contributed by atoms with E-state index in [0.29, 0.717) is 22.0 Å². The summed E-state index contributed by atoms with van der Waals surface area (Å²) in [5.41, 5.74) is 4.21. The number of aromatic nitrogens is 1. The highest BCUT2D eigenvalue weighted by molar-refractivity contribution is 7.14. The van der Waals surface area contributed by atoms with Crippen LogP contribution in [0.5, 0.6) is 0 Å². The number of anilines is 1. The van der Waals surface area contributed by atoms with Gasteiger partial charge >= 0.3 is 5.63 Å². The average molecular weight is 369 g/mol. The van der Waals surface area contributed by atoms with Crippen LogP contribution >= 0.6 is 11.3 Å². The van der Waals surface area contributed by atoms with Gasteiger partial charge in [-0.25, -0.2) is 9.78 Å². The minimum atomic E-state index is -0.379. The van der Waals surface area contributed by atoms with Crippen molar-refractivity contribution in [3.8, 4) is 11.3 Å². The summed E-state index contributed by atoms with van der Waals surface area (Å²) in [6.07, 6.45) is 9.12. The quantitative estimate of drug-likeness (QED) is 0.228. The standard InChI is InChI=1S/C20H23N3O2S/c1-2-3-4-5-6-9-12-21-23-20-22-17(14-26-20)16-13-15-10-7-8-11-18(15)25-19(16)24/h7-8,10-14H,2-6,9H2,1H3,(H,22,23). The Balaban J connectivity index is 1.60. The van der Waals surface area contributed by atoms with Gasteiger partial charge in [0.2, 0.25) is 5.13 Å². The lowest BCUT2D eigenvalue weighted by Crippen LogP contribution is -2.02. The van der Waals surface area contributed by atoms with Crippen LogP contribution in [0.1, 0.15) is 45.4 Å². The van der Waals surface area contributed by atoms with Crippen molar-refractivity contribution in [2.45, 2.75) is 45.4 Å². The van der Waals surface area contributed by atoms with Crippen LogP contribution in [0.3, 0.4) is 0 Å². The third-order valence-electron chi connectivity index (χ3n) is 4.11. The molecule has 0 saturated carbocycles. The molecule has 0 fully saturated rings. The SMILES string of the molecule is CCCCCCCC=NNc1nc(-c2cc3ccccc3oc2=O)cs1. The topological polar surface area (TPSA) is 67.5 Å². The van der Waals surface area contributed by atoms with Crippen molar-refractivity contribution in [3.05, 3.63) is 46.1 Å². The summed E-state index contributed by atoms with van der Waals surface area (Å²) in [5.74, 6) is 0. The smallest absolute Gasteiger partial charge is 0.345 e. The van der Waals surface area contributed by atoms with Crippen LogP contribution in [0.15, 0.2) is 50.0 Å². The van der Waals surface area contributed by atoms with Crippen LogP contribution in [0.2, 0.25) is 0 Å². The molecule has 0 bridgehead atoms. The molecule has 0 aliphatic carbocycles. The predicted octanol–water partition coefficient (Wildman–Crippen LogP) is 5.67. The van der Waals surface area contributed by atoms with Crippen molar-refractivity contribution in [1.29, 1.82) is 0 Å². The van der Waals surface area contributed by atoms with Gasteiger partial charge in [0.05, 0.1) is 11.3 Å². The zero-order chi connectivity index (χ0) is 18.2. The Hall–Kier alpha value is -2.47. The molecule has 26 heavy (non-hydrogen) atoms. The maximum absolute atomic E-state index is 12.2. The molecule has 1 N–H and O–H groups in total. The largest absolute Gasteiger partial charge is 0.422 e. The minimum Gasteiger partial charge on any atom is -0.422 e. The molecular weight excluding hydrogens is 346 g/mol. The molecule has 0 spiro atoms. The molecular formula is C20H23N3O2S. The van der Waals surface area contributed by atoms with Crippen molar-refractivity contribution in [1.82, 2.24) is 4.98 Å². The molecule has 5 nitrogen and oxygen atoms in total. The molecule has 3 aromatic rings. The number of rotatable bonds is 9. The number of thiazole rings is 1. The first-order valence-corrected chi connectivity index (χ1v) is 9.92. The normalized spacial score (nSPS) is 11.4. The van der Waals surface area contributed by atoms with E-state index in [1.807, 2.05) is 35.9 Å². The number of para-hydroxylation sites is 1. The van der Waals surface area contributed by atoms with Gasteiger partial charge in [0.15, 0.2) is 0 Å². The maximum Gasteiger partial charge on any atom is 0.345 e. The van der Waals surface area contributed by atoms with E-state index in [1.165, 1.54) is 37.0 Å². The van der Waals surface area contributed by atoms with E-state index in [-0.39, 0.29) is 5.63 Å². The predicted molar refractivity (Wildman–Crippen MR) is 109 cm³/mol. The van der Waals surface area contributed by atoms with E-state index in [1.54, 1.807) is 6.07 Å². The Morgan fingerprint density at radius 2 is 2.08 bits per heavy atom. The number of hydrogen-bond acceptors (Lipinski definition) is 6. The molecule has 6 heteroatoms.